The summed E-state index contributed by atoms with van der Waals surface area (Å²) in [6, 6.07) is 3.18. The highest BCUT2D eigenvalue weighted by Crippen LogP contribution is 2.29. The molecule has 45 heavy (non-hydrogen) atoms. The van der Waals surface area contributed by atoms with Gasteiger partial charge in [0.2, 0.25) is 0 Å². The van der Waals surface area contributed by atoms with Crippen LogP contribution in [-0.4, -0.2) is 53.9 Å². The molecule has 0 saturated carbocycles. The number of anilines is 4. The van der Waals surface area contributed by atoms with Crippen LogP contribution in [-0.2, 0) is 9.47 Å². The number of halogens is 2. The van der Waals surface area contributed by atoms with Crippen LogP contribution in [0.1, 0.15) is 58.9 Å². The summed E-state index contributed by atoms with van der Waals surface area (Å²) < 4.78 is 41.3. The maximum atomic E-state index is 15.4. The van der Waals surface area contributed by atoms with E-state index in [1.54, 1.807) is 40.9 Å². The van der Waals surface area contributed by atoms with E-state index in [4.69, 9.17) is 9.47 Å². The highest BCUT2D eigenvalue weighted by molar-refractivity contribution is 5.69. The van der Waals surface area contributed by atoms with E-state index >= 15 is 8.78 Å². The van der Waals surface area contributed by atoms with Gasteiger partial charge in [-0.2, -0.15) is 5.26 Å². The lowest BCUT2D eigenvalue weighted by molar-refractivity contribution is 0.0500. The van der Waals surface area contributed by atoms with Crippen molar-refractivity contribution < 1.29 is 23.0 Å². The summed E-state index contributed by atoms with van der Waals surface area (Å²) in [5.74, 6) is -0.653. The Hall–Kier alpha value is -4.66. The van der Waals surface area contributed by atoms with E-state index < -0.39 is 35.4 Å². The number of hydrogen-bond donors (Lipinski definition) is 3. The zero-order chi connectivity index (χ0) is 32.6. The van der Waals surface area contributed by atoms with Gasteiger partial charge in [0, 0.05) is 25.1 Å². The first kappa shape index (κ1) is 33.2. The highest BCUT2D eigenvalue weighted by atomic mass is 19.1. The molecule has 1 unspecified atom stereocenters. The third kappa shape index (κ3) is 9.17. The Kier molecular flexibility index (Phi) is 11.0. The van der Waals surface area contributed by atoms with Crippen molar-refractivity contribution in [1.29, 1.82) is 5.26 Å². The number of aromatic nitrogens is 2. The molecule has 1 amide bonds. The second-order valence-corrected chi connectivity index (χ2v) is 12.1. The summed E-state index contributed by atoms with van der Waals surface area (Å²) in [5, 5.41) is 18.7. The zero-order valence-corrected chi connectivity index (χ0v) is 26.4. The molecule has 4 rings (SSSR count). The number of methoxy groups -OCH3 is 1. The lowest BCUT2D eigenvalue weighted by atomic mass is 9.89. The first-order chi connectivity index (χ1) is 21.5. The summed E-state index contributed by atoms with van der Waals surface area (Å²) >= 11 is 0. The van der Waals surface area contributed by atoms with E-state index in [1.165, 1.54) is 12.3 Å². The maximum Gasteiger partial charge on any atom is 0.407 e. The summed E-state index contributed by atoms with van der Waals surface area (Å²) in [4.78, 5) is 23.3. The van der Waals surface area contributed by atoms with Gasteiger partial charge in [0.15, 0.2) is 29.1 Å². The molecule has 3 heterocycles. The van der Waals surface area contributed by atoms with Crippen LogP contribution in [0, 0.1) is 28.9 Å². The summed E-state index contributed by atoms with van der Waals surface area (Å²) in [7, 11) is 1.58. The van der Waals surface area contributed by atoms with Crippen LogP contribution in [0.15, 0.2) is 54.5 Å². The number of nitriles is 1. The minimum atomic E-state index is -0.761. The van der Waals surface area contributed by atoms with E-state index in [1.807, 2.05) is 35.3 Å². The van der Waals surface area contributed by atoms with Crippen molar-refractivity contribution in [1.82, 2.24) is 15.3 Å². The number of ether oxygens (including phenoxy) is 2. The number of piperidine rings is 1. The van der Waals surface area contributed by atoms with Crippen LogP contribution < -0.4 is 20.9 Å². The molecule has 1 fully saturated rings. The number of hydrogen-bond acceptors (Lipinski definition) is 9. The van der Waals surface area contributed by atoms with Crippen LogP contribution in [0.25, 0.3) is 0 Å². The van der Waals surface area contributed by atoms with Gasteiger partial charge in [-0.3, -0.25) is 0 Å². The van der Waals surface area contributed by atoms with Crippen molar-refractivity contribution >= 4 is 29.2 Å². The molecule has 10 nitrogen and oxygen atoms in total. The fourth-order valence-corrected chi connectivity index (χ4v) is 5.26. The van der Waals surface area contributed by atoms with Gasteiger partial charge in [-0.15, -0.1) is 0 Å². The van der Waals surface area contributed by atoms with Crippen LogP contribution in [0.4, 0.5) is 36.7 Å². The van der Waals surface area contributed by atoms with Gasteiger partial charge in [-0.25, -0.2) is 23.5 Å². The van der Waals surface area contributed by atoms with E-state index in [9.17, 15) is 10.1 Å². The molecular weight excluding hydrogens is 580 g/mol. The summed E-state index contributed by atoms with van der Waals surface area (Å²) in [6.45, 7) is 8.56. The Bertz CT molecular complexity index is 1490. The van der Waals surface area contributed by atoms with Crippen molar-refractivity contribution in [3.8, 4) is 6.07 Å². The third-order valence-electron chi connectivity index (χ3n) is 7.43. The standard InChI is InChI=1S/C33H41F2N7O3/c1-21(38-32(43)45-33(2,3)4)28(22-11-9-13-25(44-5)14-10-12-22)40-30-26(34)17-23(19-36)29(41-30)39-24-18-27(35)31(37-20-24)42-15-7-6-8-16-42/h9-11,13-14,17-18,20-22,28H,6-8,12,15-16H2,1-5H3,(H,38,43)(H2,39,40,41)/b11-9+,14-10-,25-13+/t21-,22?,28-/m0/s1. The number of nitrogens with zero attached hydrogens (tertiary/aromatic N) is 4. The van der Waals surface area contributed by atoms with Gasteiger partial charge in [0.1, 0.15) is 17.4 Å². The summed E-state index contributed by atoms with van der Waals surface area (Å²) in [6.07, 6.45) is 13.8. The predicted molar refractivity (Wildman–Crippen MR) is 170 cm³/mol. The first-order valence-corrected chi connectivity index (χ1v) is 15.1. The number of carbonyl (C=O) groups excluding carboxylic acids is 1. The fourth-order valence-electron chi connectivity index (χ4n) is 5.26. The third-order valence-corrected chi connectivity index (χ3v) is 7.43. The lowest BCUT2D eigenvalue weighted by Crippen LogP contribution is -2.49. The molecule has 1 saturated heterocycles. The fraction of sp³-hybridized carbons (Fsp3) is 0.455. The molecule has 1 aliphatic carbocycles. The van der Waals surface area contributed by atoms with Gasteiger partial charge in [0.25, 0.3) is 0 Å². The van der Waals surface area contributed by atoms with Crippen molar-refractivity contribution in [3.05, 3.63) is 71.7 Å². The summed E-state index contributed by atoms with van der Waals surface area (Å²) in [5.41, 5.74) is -0.514. The number of amides is 1. The molecule has 12 heteroatoms. The molecule has 0 radical (unpaired) electrons. The number of nitrogens with one attached hydrogen (secondary N) is 3. The number of alkyl carbamates (subject to hydrolysis) is 1. The molecule has 2 aliphatic rings. The lowest BCUT2D eigenvalue weighted by Gasteiger charge is -2.32. The number of allylic oxidation sites excluding steroid dienone is 4. The van der Waals surface area contributed by atoms with E-state index in [2.05, 4.69) is 25.9 Å². The molecule has 0 bridgehead atoms. The van der Waals surface area contributed by atoms with Crippen molar-refractivity contribution in [3.63, 3.8) is 0 Å². The van der Waals surface area contributed by atoms with Gasteiger partial charge in [-0.05, 0) is 71.6 Å². The second-order valence-electron chi connectivity index (χ2n) is 12.1. The molecule has 1 aliphatic heterocycles. The minimum absolute atomic E-state index is 0.0283. The largest absolute Gasteiger partial charge is 0.497 e. The number of pyridine rings is 2. The van der Waals surface area contributed by atoms with E-state index in [0.29, 0.717) is 12.2 Å². The van der Waals surface area contributed by atoms with Crippen molar-refractivity contribution in [2.45, 2.75) is 71.1 Å². The molecule has 240 valence electrons. The smallest absolute Gasteiger partial charge is 0.407 e. The Morgan fingerprint density at radius 2 is 1.91 bits per heavy atom. The SMILES string of the molecule is COC1=C/C=C/C([C@@H](Nc2nc(Nc3cnc(N4CCCCC4)c(F)c3)c(C#N)cc2F)[C@H](C)NC(=O)OC(C)(C)C)C/C=C\1. The highest BCUT2D eigenvalue weighted by Gasteiger charge is 2.30. The minimum Gasteiger partial charge on any atom is -0.497 e. The van der Waals surface area contributed by atoms with Gasteiger partial charge in [0.05, 0.1) is 36.6 Å². The van der Waals surface area contributed by atoms with Crippen LogP contribution in [0.5, 0.6) is 0 Å². The number of carbonyl (C=O) groups is 1. The monoisotopic (exact) mass is 621 g/mol. The average Bonchev–Trinajstić information content (AvgIpc) is 2.97. The van der Waals surface area contributed by atoms with Gasteiger partial charge in [-0.1, -0.05) is 18.2 Å². The molecule has 0 aromatic carbocycles. The molecule has 2 aromatic rings. The van der Waals surface area contributed by atoms with E-state index in [-0.39, 0.29) is 34.6 Å². The van der Waals surface area contributed by atoms with Crippen molar-refractivity contribution in [2.24, 2.45) is 5.92 Å². The van der Waals surface area contributed by atoms with Crippen LogP contribution in [0.3, 0.4) is 0 Å². The average molecular weight is 622 g/mol. The maximum absolute atomic E-state index is 15.4. The van der Waals surface area contributed by atoms with Gasteiger partial charge < -0.3 is 30.3 Å². The molecule has 2 aromatic heterocycles. The number of rotatable bonds is 9. The second kappa shape index (κ2) is 14.9. The quantitative estimate of drug-likeness (QED) is 0.280. The van der Waals surface area contributed by atoms with Crippen molar-refractivity contribution in [2.75, 3.05) is 35.7 Å². The topological polar surface area (TPSA) is 124 Å². The van der Waals surface area contributed by atoms with Crippen LogP contribution >= 0.6 is 0 Å². The Labute approximate surface area is 263 Å². The normalized spacial score (nSPS) is 20.6. The molecule has 3 atom stereocenters. The molecule has 3 N–H and O–H groups in total. The Morgan fingerprint density at radius 1 is 1.16 bits per heavy atom. The van der Waals surface area contributed by atoms with E-state index in [0.717, 1.165) is 38.4 Å². The molecule has 0 spiro atoms. The predicted octanol–water partition coefficient (Wildman–Crippen LogP) is 6.72. The molecular formula is C33H41F2N7O3. The Balaban J connectivity index is 1.62. The zero-order valence-electron chi connectivity index (χ0n) is 26.4. The first-order valence-electron chi connectivity index (χ1n) is 15.1. The van der Waals surface area contributed by atoms with Crippen LogP contribution in [0.2, 0.25) is 0 Å². The van der Waals surface area contributed by atoms with Gasteiger partial charge >= 0.3 is 6.09 Å². The Morgan fingerprint density at radius 3 is 2.58 bits per heavy atom.